The van der Waals surface area contributed by atoms with Crippen LogP contribution in [-0.2, 0) is 21.0 Å². The van der Waals surface area contributed by atoms with E-state index in [1.54, 1.807) is 0 Å². The topological polar surface area (TPSA) is 66.5 Å². The maximum absolute atomic E-state index is 13.4. The molecule has 2 aromatic rings. The average Bonchev–Trinajstić information content (AvgIpc) is 2.67. The number of alkyl halides is 3. The number of likely N-dealkylation sites (N-methyl/N-ethyl adjacent to an activating group) is 1. The number of halogens is 5. The quantitative estimate of drug-likeness (QED) is 0.680. The zero-order chi connectivity index (χ0) is 22.9. The standard InChI is InChI=1S/C19H19F5N2O3S/c1-11(18(27)26(3)12(2)13-8-9-15(20)16(21)10-13)25-30(28,29)17-7-5-4-6-14(17)19(22,23)24/h4-12,25H,1-3H3/t11-,12?/m0/s1. The highest BCUT2D eigenvalue weighted by Gasteiger charge is 2.38. The second-order valence-corrected chi connectivity index (χ2v) is 8.32. The van der Waals surface area contributed by atoms with Crippen molar-refractivity contribution in [2.45, 2.75) is 37.0 Å². The van der Waals surface area contributed by atoms with Crippen LogP contribution in [0.25, 0.3) is 0 Å². The molecular formula is C19H19F5N2O3S. The Morgan fingerprint density at radius 2 is 1.63 bits per heavy atom. The summed E-state index contributed by atoms with van der Waals surface area (Å²) < 4.78 is 92.9. The summed E-state index contributed by atoms with van der Waals surface area (Å²) in [5.41, 5.74) is -1.11. The number of rotatable bonds is 6. The van der Waals surface area contributed by atoms with Gasteiger partial charge in [-0.25, -0.2) is 17.2 Å². The molecule has 1 unspecified atom stereocenters. The smallest absolute Gasteiger partial charge is 0.338 e. The zero-order valence-corrected chi connectivity index (χ0v) is 17.0. The number of sulfonamides is 1. The Kier molecular flexibility index (Phi) is 6.87. The number of nitrogens with one attached hydrogen (secondary N) is 1. The lowest BCUT2D eigenvalue weighted by Gasteiger charge is -2.28. The summed E-state index contributed by atoms with van der Waals surface area (Å²) >= 11 is 0. The van der Waals surface area contributed by atoms with Gasteiger partial charge in [-0.2, -0.15) is 17.9 Å². The van der Waals surface area contributed by atoms with Crippen LogP contribution in [0.4, 0.5) is 22.0 Å². The van der Waals surface area contributed by atoms with Gasteiger partial charge >= 0.3 is 6.18 Å². The molecule has 2 aromatic carbocycles. The number of carbonyl (C=O) groups excluding carboxylic acids is 1. The maximum Gasteiger partial charge on any atom is 0.417 e. The van der Waals surface area contributed by atoms with E-state index in [0.717, 1.165) is 35.2 Å². The Bertz CT molecular complexity index is 1040. The van der Waals surface area contributed by atoms with E-state index in [-0.39, 0.29) is 5.56 Å². The van der Waals surface area contributed by atoms with Crippen molar-refractivity contribution in [3.63, 3.8) is 0 Å². The van der Waals surface area contributed by atoms with Gasteiger partial charge in [-0.1, -0.05) is 18.2 Å². The van der Waals surface area contributed by atoms with Gasteiger partial charge < -0.3 is 4.90 Å². The largest absolute Gasteiger partial charge is 0.417 e. The van der Waals surface area contributed by atoms with E-state index in [2.05, 4.69) is 0 Å². The van der Waals surface area contributed by atoms with E-state index in [1.165, 1.54) is 27.0 Å². The summed E-state index contributed by atoms with van der Waals surface area (Å²) in [4.78, 5) is 12.7. The first-order chi connectivity index (χ1) is 13.8. The molecule has 1 N–H and O–H groups in total. The fourth-order valence-electron chi connectivity index (χ4n) is 2.77. The summed E-state index contributed by atoms with van der Waals surface area (Å²) in [6.07, 6.45) is -4.91. The van der Waals surface area contributed by atoms with E-state index in [1.807, 2.05) is 4.72 Å². The van der Waals surface area contributed by atoms with Crippen molar-refractivity contribution in [1.82, 2.24) is 9.62 Å². The third-order valence-corrected chi connectivity index (χ3v) is 6.14. The van der Waals surface area contributed by atoms with Crippen molar-refractivity contribution in [3.8, 4) is 0 Å². The first-order valence-corrected chi connectivity index (χ1v) is 10.1. The van der Waals surface area contributed by atoms with Gasteiger partial charge in [0.05, 0.1) is 22.5 Å². The predicted molar refractivity (Wildman–Crippen MR) is 98.8 cm³/mol. The minimum Gasteiger partial charge on any atom is -0.338 e. The summed E-state index contributed by atoms with van der Waals surface area (Å²) in [7, 11) is -3.37. The van der Waals surface area contributed by atoms with Gasteiger partial charge in [-0.05, 0) is 43.7 Å². The van der Waals surface area contributed by atoms with Crippen LogP contribution in [-0.4, -0.2) is 32.3 Å². The molecule has 5 nitrogen and oxygen atoms in total. The molecular weight excluding hydrogens is 431 g/mol. The number of nitrogens with zero attached hydrogens (tertiary/aromatic N) is 1. The van der Waals surface area contributed by atoms with Crippen molar-refractivity contribution in [2.75, 3.05) is 7.05 Å². The van der Waals surface area contributed by atoms with Gasteiger partial charge in [0.2, 0.25) is 15.9 Å². The molecule has 0 aliphatic carbocycles. The van der Waals surface area contributed by atoms with Gasteiger partial charge in [-0.3, -0.25) is 4.79 Å². The van der Waals surface area contributed by atoms with Gasteiger partial charge in [0.15, 0.2) is 11.6 Å². The molecule has 0 saturated carbocycles. The lowest BCUT2D eigenvalue weighted by molar-refractivity contribution is -0.139. The fraction of sp³-hybridized carbons (Fsp3) is 0.316. The number of benzene rings is 2. The zero-order valence-electron chi connectivity index (χ0n) is 16.2. The molecule has 0 saturated heterocycles. The SMILES string of the molecule is CC(c1ccc(F)c(F)c1)N(C)C(=O)[C@H](C)NS(=O)(=O)c1ccccc1C(F)(F)F. The molecule has 0 spiro atoms. The Morgan fingerprint density at radius 3 is 2.20 bits per heavy atom. The van der Waals surface area contributed by atoms with E-state index in [9.17, 15) is 35.2 Å². The van der Waals surface area contributed by atoms with Gasteiger partial charge in [0.1, 0.15) is 0 Å². The molecule has 164 valence electrons. The molecule has 0 radical (unpaired) electrons. The Hall–Kier alpha value is -2.53. The molecule has 1 amide bonds. The summed E-state index contributed by atoms with van der Waals surface area (Å²) in [5.74, 6) is -2.96. The van der Waals surface area contributed by atoms with Crippen LogP contribution >= 0.6 is 0 Å². The number of carbonyl (C=O) groups is 1. The second-order valence-electron chi connectivity index (χ2n) is 6.64. The summed E-state index contributed by atoms with van der Waals surface area (Å²) in [6.45, 7) is 2.68. The molecule has 11 heteroatoms. The number of hydrogen-bond acceptors (Lipinski definition) is 3. The van der Waals surface area contributed by atoms with Crippen LogP contribution in [0, 0.1) is 11.6 Å². The van der Waals surface area contributed by atoms with Crippen molar-refractivity contribution in [3.05, 3.63) is 65.2 Å². The summed E-state index contributed by atoms with van der Waals surface area (Å²) in [5, 5.41) is 0. The molecule has 30 heavy (non-hydrogen) atoms. The highest BCUT2D eigenvalue weighted by Crippen LogP contribution is 2.34. The average molecular weight is 450 g/mol. The van der Waals surface area contributed by atoms with Crippen LogP contribution in [0.5, 0.6) is 0 Å². The third kappa shape index (κ3) is 5.14. The van der Waals surface area contributed by atoms with Crippen LogP contribution in [0.15, 0.2) is 47.4 Å². The number of amides is 1. The third-order valence-electron chi connectivity index (χ3n) is 4.54. The molecule has 0 aliphatic rings. The van der Waals surface area contributed by atoms with Crippen molar-refractivity contribution >= 4 is 15.9 Å². The molecule has 0 heterocycles. The highest BCUT2D eigenvalue weighted by atomic mass is 32.2. The molecule has 2 atom stereocenters. The Labute approximate surface area is 170 Å². The normalized spacial score (nSPS) is 14.3. The first-order valence-electron chi connectivity index (χ1n) is 8.66. The van der Waals surface area contributed by atoms with Gasteiger partial charge in [0.25, 0.3) is 0 Å². The second kappa shape index (κ2) is 8.68. The molecule has 0 aliphatic heterocycles. The lowest BCUT2D eigenvalue weighted by Crippen LogP contribution is -2.46. The van der Waals surface area contributed by atoms with Crippen LogP contribution < -0.4 is 4.72 Å². The molecule has 0 fully saturated rings. The van der Waals surface area contributed by atoms with Gasteiger partial charge in [0, 0.05) is 7.05 Å². The number of hydrogen-bond donors (Lipinski definition) is 1. The minimum atomic E-state index is -4.91. The Balaban J connectivity index is 2.23. The first kappa shape index (κ1) is 23.7. The molecule has 2 rings (SSSR count). The van der Waals surface area contributed by atoms with E-state index < -0.39 is 56.3 Å². The lowest BCUT2D eigenvalue weighted by atomic mass is 10.1. The Morgan fingerprint density at radius 1 is 1.03 bits per heavy atom. The molecule has 0 bridgehead atoms. The van der Waals surface area contributed by atoms with E-state index in [0.29, 0.717) is 6.07 Å². The van der Waals surface area contributed by atoms with Crippen LogP contribution in [0.1, 0.15) is 31.0 Å². The van der Waals surface area contributed by atoms with E-state index >= 15 is 0 Å². The summed E-state index contributed by atoms with van der Waals surface area (Å²) in [6, 6.07) is 4.46. The predicted octanol–water partition coefficient (Wildman–Crippen LogP) is 3.87. The van der Waals surface area contributed by atoms with Crippen molar-refractivity contribution in [1.29, 1.82) is 0 Å². The fourth-order valence-corrected chi connectivity index (χ4v) is 4.20. The van der Waals surface area contributed by atoms with Gasteiger partial charge in [-0.15, -0.1) is 0 Å². The van der Waals surface area contributed by atoms with Crippen LogP contribution in [0.3, 0.4) is 0 Å². The van der Waals surface area contributed by atoms with Crippen molar-refractivity contribution < 1.29 is 35.2 Å². The highest BCUT2D eigenvalue weighted by molar-refractivity contribution is 7.89. The molecule has 0 aromatic heterocycles. The van der Waals surface area contributed by atoms with E-state index in [4.69, 9.17) is 0 Å². The minimum absolute atomic E-state index is 0.252. The van der Waals surface area contributed by atoms with Crippen LogP contribution in [0.2, 0.25) is 0 Å². The van der Waals surface area contributed by atoms with Crippen molar-refractivity contribution in [2.24, 2.45) is 0 Å². The monoisotopic (exact) mass is 450 g/mol. The maximum atomic E-state index is 13.4.